The van der Waals surface area contributed by atoms with Gasteiger partial charge in [0.2, 0.25) is 0 Å². The van der Waals surface area contributed by atoms with Gasteiger partial charge in [-0.2, -0.15) is 0 Å². The number of hydrogen-bond donors (Lipinski definition) is 0. The van der Waals surface area contributed by atoms with Crippen molar-refractivity contribution in [2.75, 3.05) is 0 Å². The van der Waals surface area contributed by atoms with Gasteiger partial charge in [-0.3, -0.25) is 8.78 Å². The summed E-state index contributed by atoms with van der Waals surface area (Å²) in [6.45, 7) is 26.1. The predicted molar refractivity (Wildman–Crippen MR) is 230 cm³/mol. The van der Waals surface area contributed by atoms with Crippen molar-refractivity contribution in [1.29, 1.82) is 0 Å². The van der Waals surface area contributed by atoms with Gasteiger partial charge in [0.05, 0.1) is 0 Å². The van der Waals surface area contributed by atoms with E-state index in [1.807, 2.05) is 30.5 Å². The molecule has 2 fully saturated rings. The minimum atomic E-state index is -0.281. The molecule has 2 aromatic heterocycles. The molecule has 3 aromatic carbocycles. The Morgan fingerprint density at radius 2 is 0.947 bits per heavy atom. The molecular formula is C51H64F2IrN2Os-2. The zero-order valence-corrected chi connectivity index (χ0v) is 41.2. The van der Waals surface area contributed by atoms with E-state index in [2.05, 4.69) is 116 Å². The maximum absolute atomic E-state index is 13.2. The third-order valence-electron chi connectivity index (χ3n) is 13.5. The van der Waals surface area contributed by atoms with Gasteiger partial charge in [0.15, 0.2) is 0 Å². The van der Waals surface area contributed by atoms with Crippen LogP contribution in [0.1, 0.15) is 84.9 Å². The van der Waals surface area contributed by atoms with Crippen molar-refractivity contribution in [3.63, 3.8) is 0 Å². The SMILES string of the molecule is CC1C(C)C(C)C(C)C1C.Cc1cc(C2C(C)C(C)C(C)C2C)cc(C)c1-c1ccc(-c2[c-]cc(F)cc2)nc1.Fc1c[c-]c(-c2ccccn2)cc1.[CH3-].[CH3-].[Ir].[Os+2]. The van der Waals surface area contributed by atoms with Gasteiger partial charge in [-0.25, -0.2) is 0 Å². The van der Waals surface area contributed by atoms with E-state index in [-0.39, 0.29) is 66.4 Å². The third kappa shape index (κ3) is 12.1. The first-order valence-electron chi connectivity index (χ1n) is 19.5. The number of rotatable bonds is 4. The number of nitrogens with zero attached hydrogens (tertiary/aromatic N) is 2. The monoisotopic (exact) mass is 1130 g/mol. The summed E-state index contributed by atoms with van der Waals surface area (Å²) < 4.78 is 25.7. The molecule has 0 N–H and O–H groups in total. The molecule has 2 aliphatic rings. The molecule has 2 aliphatic carbocycles. The molecule has 0 aliphatic heterocycles. The fourth-order valence-electron chi connectivity index (χ4n) is 9.09. The topological polar surface area (TPSA) is 25.8 Å². The van der Waals surface area contributed by atoms with Gasteiger partial charge in [-0.1, -0.05) is 98.7 Å². The Morgan fingerprint density at radius 3 is 1.30 bits per heavy atom. The molecule has 2 saturated carbocycles. The molecule has 0 bridgehead atoms. The average Bonchev–Trinajstić information content (AvgIpc) is 3.45. The smallest absolute Gasteiger partial charge is 0.358 e. The zero-order chi connectivity index (χ0) is 38.6. The van der Waals surface area contributed by atoms with E-state index in [1.54, 1.807) is 18.3 Å². The number of aryl methyl sites for hydroxylation is 2. The van der Waals surface area contributed by atoms with Gasteiger partial charge in [0.25, 0.3) is 0 Å². The molecular weight excluding hydrogens is 1060 g/mol. The van der Waals surface area contributed by atoms with Crippen LogP contribution in [0.15, 0.2) is 91.3 Å². The number of pyridine rings is 2. The van der Waals surface area contributed by atoms with Crippen LogP contribution in [0, 0.1) is 106 Å². The maximum atomic E-state index is 13.2. The van der Waals surface area contributed by atoms with Crippen LogP contribution in [-0.4, -0.2) is 9.97 Å². The van der Waals surface area contributed by atoms with Crippen LogP contribution in [0.3, 0.4) is 0 Å². The van der Waals surface area contributed by atoms with E-state index in [9.17, 15) is 8.78 Å². The molecule has 2 heterocycles. The molecule has 5 aromatic rings. The summed E-state index contributed by atoms with van der Waals surface area (Å²) in [5.41, 5.74) is 9.71. The molecule has 57 heavy (non-hydrogen) atoms. The van der Waals surface area contributed by atoms with E-state index in [4.69, 9.17) is 0 Å². The van der Waals surface area contributed by atoms with Crippen molar-refractivity contribution in [3.05, 3.63) is 147 Å². The Balaban J connectivity index is 0.000000500. The molecule has 311 valence electrons. The normalized spacial score (nSPS) is 25.8. The molecule has 0 amide bonds. The minimum Gasteiger partial charge on any atom is -0.358 e. The first-order chi connectivity index (χ1) is 25.2. The molecule has 6 heteroatoms. The second-order valence-electron chi connectivity index (χ2n) is 16.3. The van der Waals surface area contributed by atoms with Crippen molar-refractivity contribution in [2.24, 2.45) is 53.3 Å². The van der Waals surface area contributed by atoms with E-state index in [0.717, 1.165) is 69.5 Å². The number of aromatic nitrogens is 2. The van der Waals surface area contributed by atoms with Gasteiger partial charge in [0.1, 0.15) is 0 Å². The van der Waals surface area contributed by atoms with Crippen LogP contribution in [0.25, 0.3) is 33.6 Å². The Hall–Kier alpha value is -2.89. The third-order valence-corrected chi connectivity index (χ3v) is 13.5. The van der Waals surface area contributed by atoms with E-state index < -0.39 is 0 Å². The van der Waals surface area contributed by atoms with Crippen molar-refractivity contribution >= 4 is 0 Å². The van der Waals surface area contributed by atoms with Gasteiger partial charge < -0.3 is 24.8 Å². The molecule has 4 unspecified atom stereocenters. The summed E-state index contributed by atoms with van der Waals surface area (Å²) in [4.78, 5) is 8.75. The quantitative estimate of drug-likeness (QED) is 0.168. The molecule has 0 saturated heterocycles. The summed E-state index contributed by atoms with van der Waals surface area (Å²) in [7, 11) is 0. The number of benzene rings is 3. The van der Waals surface area contributed by atoms with Crippen LogP contribution >= 0.6 is 0 Å². The van der Waals surface area contributed by atoms with Gasteiger partial charge in [0, 0.05) is 44.1 Å². The van der Waals surface area contributed by atoms with E-state index >= 15 is 0 Å². The Bertz CT molecular complexity index is 1830. The largest absolute Gasteiger partial charge is 2.00 e. The zero-order valence-electron chi connectivity index (χ0n) is 36.3. The van der Waals surface area contributed by atoms with Crippen LogP contribution in [0.5, 0.6) is 0 Å². The summed E-state index contributed by atoms with van der Waals surface area (Å²) >= 11 is 0. The van der Waals surface area contributed by atoms with Gasteiger partial charge in [-0.05, 0) is 118 Å². The number of halogens is 2. The average molecular weight is 1130 g/mol. The fourth-order valence-corrected chi connectivity index (χ4v) is 9.09. The van der Waals surface area contributed by atoms with Crippen LogP contribution in [0.2, 0.25) is 0 Å². The van der Waals surface area contributed by atoms with Crippen molar-refractivity contribution < 1.29 is 48.7 Å². The first kappa shape index (κ1) is 52.1. The fraction of sp³-hybridized carbons (Fsp3) is 0.412. The number of hydrogen-bond acceptors (Lipinski definition) is 2. The maximum Gasteiger partial charge on any atom is 2.00 e. The van der Waals surface area contributed by atoms with Crippen molar-refractivity contribution in [1.82, 2.24) is 9.97 Å². The standard InChI is InChI=1S/C28H31FN.C11H7FN.C10H20.2CH3.Ir.Os/c1-16-13-24(28-20(5)18(3)19(4)21(28)6)14-17(2)27(16)23-9-12-26(30-15-23)22-7-10-25(29)11-8-22;12-10-6-4-9(5-7-10)11-3-1-2-8-13-11;1-6-7(2)9(4)10(5)8(6)3;;;;/h7,9-15,18-21,28H,1-6H3;1-4,6-8H;6-10H,1-5H3;2*1H3;;/q2*-1;;2*-1;;+2. The van der Waals surface area contributed by atoms with Crippen LogP contribution in [-0.2, 0) is 39.9 Å². The predicted octanol–water partition coefficient (Wildman–Crippen LogP) is 14.4. The summed E-state index contributed by atoms with van der Waals surface area (Å²) in [6, 6.07) is 29.1. The molecule has 7 rings (SSSR count). The second-order valence-corrected chi connectivity index (χ2v) is 16.3. The van der Waals surface area contributed by atoms with Crippen molar-refractivity contribution in [3.8, 4) is 33.6 Å². The molecule has 2 nitrogen and oxygen atoms in total. The van der Waals surface area contributed by atoms with Gasteiger partial charge in [-0.15, -0.1) is 59.7 Å². The second kappa shape index (κ2) is 23.0. The summed E-state index contributed by atoms with van der Waals surface area (Å²) in [6.07, 6.45) is 3.62. The van der Waals surface area contributed by atoms with Gasteiger partial charge >= 0.3 is 19.8 Å². The Kier molecular flexibility index (Phi) is 21.1. The van der Waals surface area contributed by atoms with E-state index in [1.165, 1.54) is 46.5 Å². The summed E-state index contributed by atoms with van der Waals surface area (Å²) in [5, 5.41) is 0. The summed E-state index contributed by atoms with van der Waals surface area (Å²) in [5.74, 6) is 7.65. The first-order valence-corrected chi connectivity index (χ1v) is 19.5. The Labute approximate surface area is 371 Å². The van der Waals surface area contributed by atoms with Crippen molar-refractivity contribution in [2.45, 2.75) is 82.1 Å². The Morgan fingerprint density at radius 1 is 0.526 bits per heavy atom. The molecule has 0 spiro atoms. The van der Waals surface area contributed by atoms with Crippen LogP contribution < -0.4 is 0 Å². The molecule has 4 atom stereocenters. The molecule has 1 radical (unpaired) electrons. The van der Waals surface area contributed by atoms with Crippen LogP contribution in [0.4, 0.5) is 8.78 Å². The van der Waals surface area contributed by atoms with E-state index in [0.29, 0.717) is 17.8 Å². The minimum absolute atomic E-state index is 0.